The van der Waals surface area contributed by atoms with Crippen LogP contribution in [0.3, 0.4) is 0 Å². The highest BCUT2D eigenvalue weighted by Crippen LogP contribution is 2.39. The molecule has 3 heterocycles. The zero-order valence-electron chi connectivity index (χ0n) is 10.4. The summed E-state index contributed by atoms with van der Waals surface area (Å²) < 4.78 is 5.36. The van der Waals surface area contributed by atoms with Crippen molar-refractivity contribution in [2.24, 2.45) is 0 Å². The SMILES string of the molecule is [C-]#[N+]C1(c2nc(-c3ccncc3)cs2)CCOCC1. The molecule has 0 N–H and O–H groups in total. The standard InChI is InChI=1S/C14H13N3OS/c1-15-14(4-8-18-9-5-14)13-17-12(10-19-13)11-2-6-16-7-3-11/h2-3,6-7,10H,4-5,8-9H2. The van der Waals surface area contributed by atoms with E-state index in [-0.39, 0.29) is 0 Å². The van der Waals surface area contributed by atoms with Crippen LogP contribution in [0, 0.1) is 6.57 Å². The Hall–Kier alpha value is -1.77. The monoisotopic (exact) mass is 271 g/mol. The van der Waals surface area contributed by atoms with Crippen molar-refractivity contribution >= 4 is 11.3 Å². The molecule has 19 heavy (non-hydrogen) atoms. The van der Waals surface area contributed by atoms with Crippen LogP contribution in [-0.2, 0) is 10.3 Å². The van der Waals surface area contributed by atoms with Crippen molar-refractivity contribution in [1.29, 1.82) is 0 Å². The molecule has 0 atom stereocenters. The Morgan fingerprint density at radius 2 is 2.00 bits per heavy atom. The minimum absolute atomic E-state index is 0.478. The fourth-order valence-corrected chi connectivity index (χ4v) is 3.26. The molecule has 0 spiro atoms. The smallest absolute Gasteiger partial charge is 0.287 e. The number of nitrogens with zero attached hydrogens (tertiary/aromatic N) is 3. The van der Waals surface area contributed by atoms with Gasteiger partial charge in [-0.1, -0.05) is 0 Å². The van der Waals surface area contributed by atoms with E-state index in [1.165, 1.54) is 0 Å². The summed E-state index contributed by atoms with van der Waals surface area (Å²) >= 11 is 1.57. The summed E-state index contributed by atoms with van der Waals surface area (Å²) in [5, 5.41) is 2.94. The van der Waals surface area contributed by atoms with Gasteiger partial charge < -0.3 is 9.58 Å². The van der Waals surface area contributed by atoms with Crippen molar-refractivity contribution in [1.82, 2.24) is 9.97 Å². The van der Waals surface area contributed by atoms with Crippen molar-refractivity contribution in [2.45, 2.75) is 18.4 Å². The molecular formula is C14H13N3OS. The first-order valence-corrected chi connectivity index (χ1v) is 7.05. The number of pyridine rings is 1. The van der Waals surface area contributed by atoms with Gasteiger partial charge in [0.05, 0.1) is 31.7 Å². The van der Waals surface area contributed by atoms with Gasteiger partial charge >= 0.3 is 0 Å². The van der Waals surface area contributed by atoms with Crippen LogP contribution in [0.25, 0.3) is 16.1 Å². The lowest BCUT2D eigenvalue weighted by Crippen LogP contribution is -2.30. The molecule has 2 aromatic rings. The van der Waals surface area contributed by atoms with Crippen LogP contribution in [0.15, 0.2) is 29.9 Å². The lowest BCUT2D eigenvalue weighted by Gasteiger charge is -2.24. The molecule has 1 fully saturated rings. The van der Waals surface area contributed by atoms with Crippen LogP contribution in [-0.4, -0.2) is 23.2 Å². The van der Waals surface area contributed by atoms with Crippen LogP contribution in [0.2, 0.25) is 0 Å². The molecule has 0 amide bonds. The Labute approximate surface area is 115 Å². The largest absolute Gasteiger partial charge is 0.381 e. The van der Waals surface area contributed by atoms with E-state index in [4.69, 9.17) is 11.3 Å². The first kappa shape index (κ1) is 12.3. The summed E-state index contributed by atoms with van der Waals surface area (Å²) in [5.41, 5.74) is 1.50. The third-order valence-electron chi connectivity index (χ3n) is 3.41. The van der Waals surface area contributed by atoms with E-state index in [1.54, 1.807) is 23.7 Å². The summed E-state index contributed by atoms with van der Waals surface area (Å²) in [6.07, 6.45) is 4.99. The van der Waals surface area contributed by atoms with Crippen LogP contribution >= 0.6 is 11.3 Å². The van der Waals surface area contributed by atoms with Crippen LogP contribution in [0.4, 0.5) is 0 Å². The highest BCUT2D eigenvalue weighted by Gasteiger charge is 2.43. The highest BCUT2D eigenvalue weighted by atomic mass is 32.1. The molecule has 96 valence electrons. The third kappa shape index (κ3) is 2.25. The van der Waals surface area contributed by atoms with Gasteiger partial charge in [0.15, 0.2) is 5.01 Å². The molecule has 0 radical (unpaired) electrons. The van der Waals surface area contributed by atoms with E-state index in [2.05, 4.69) is 14.8 Å². The maximum atomic E-state index is 7.52. The summed E-state index contributed by atoms with van der Waals surface area (Å²) in [4.78, 5) is 12.5. The predicted octanol–water partition coefficient (Wildman–Crippen LogP) is 3.13. The van der Waals surface area contributed by atoms with Gasteiger partial charge in [0.2, 0.25) is 0 Å². The average Bonchev–Trinajstić information content (AvgIpc) is 2.99. The second kappa shape index (κ2) is 5.08. The van der Waals surface area contributed by atoms with E-state index < -0.39 is 5.54 Å². The molecule has 5 heteroatoms. The van der Waals surface area contributed by atoms with Gasteiger partial charge in [-0.3, -0.25) is 4.98 Å². The lowest BCUT2D eigenvalue weighted by molar-refractivity contribution is 0.0646. The van der Waals surface area contributed by atoms with Gasteiger partial charge in [0, 0.05) is 23.3 Å². The van der Waals surface area contributed by atoms with E-state index in [0.29, 0.717) is 13.2 Å². The topological polar surface area (TPSA) is 39.4 Å². The van der Waals surface area contributed by atoms with E-state index in [9.17, 15) is 0 Å². The Bertz CT molecular complexity index is 597. The second-order valence-corrected chi connectivity index (χ2v) is 5.39. The molecule has 0 saturated carbocycles. The molecule has 1 aliphatic rings. The fraction of sp³-hybridized carbons (Fsp3) is 0.357. The Balaban J connectivity index is 1.95. The van der Waals surface area contributed by atoms with Crippen molar-refractivity contribution in [3.8, 4) is 11.3 Å². The maximum Gasteiger partial charge on any atom is 0.287 e. The number of hydrogen-bond acceptors (Lipinski definition) is 4. The molecule has 0 aliphatic carbocycles. The molecule has 0 aromatic carbocycles. The predicted molar refractivity (Wildman–Crippen MR) is 73.7 cm³/mol. The molecular weight excluding hydrogens is 258 g/mol. The van der Waals surface area contributed by atoms with Gasteiger partial charge in [0.1, 0.15) is 0 Å². The quantitative estimate of drug-likeness (QED) is 0.788. The molecule has 0 bridgehead atoms. The van der Waals surface area contributed by atoms with Crippen molar-refractivity contribution < 1.29 is 4.74 Å². The zero-order valence-corrected chi connectivity index (χ0v) is 11.2. The maximum absolute atomic E-state index is 7.52. The summed E-state index contributed by atoms with van der Waals surface area (Å²) in [6.45, 7) is 8.81. The number of ether oxygens (including phenoxy) is 1. The summed E-state index contributed by atoms with van der Waals surface area (Å²) in [5.74, 6) is 0. The first-order chi connectivity index (χ1) is 9.34. The number of aromatic nitrogens is 2. The Morgan fingerprint density at radius 1 is 1.26 bits per heavy atom. The highest BCUT2D eigenvalue weighted by molar-refractivity contribution is 7.10. The number of rotatable bonds is 2. The van der Waals surface area contributed by atoms with Crippen LogP contribution in [0.5, 0.6) is 0 Å². The van der Waals surface area contributed by atoms with Crippen molar-refractivity contribution in [3.05, 3.63) is 46.3 Å². The summed E-state index contributed by atoms with van der Waals surface area (Å²) in [7, 11) is 0. The Morgan fingerprint density at radius 3 is 2.68 bits per heavy atom. The molecule has 1 saturated heterocycles. The number of hydrogen-bond donors (Lipinski definition) is 0. The minimum Gasteiger partial charge on any atom is -0.381 e. The Kier molecular flexibility index (Phi) is 3.28. The van der Waals surface area contributed by atoms with Crippen LogP contribution in [0.1, 0.15) is 17.8 Å². The van der Waals surface area contributed by atoms with Gasteiger partial charge in [0.25, 0.3) is 5.54 Å². The van der Waals surface area contributed by atoms with E-state index >= 15 is 0 Å². The molecule has 1 aliphatic heterocycles. The first-order valence-electron chi connectivity index (χ1n) is 6.17. The third-order valence-corrected chi connectivity index (χ3v) is 4.45. The fourth-order valence-electron chi connectivity index (χ4n) is 2.23. The van der Waals surface area contributed by atoms with Gasteiger partial charge in [-0.15, -0.1) is 11.3 Å². The van der Waals surface area contributed by atoms with E-state index in [0.717, 1.165) is 29.1 Å². The van der Waals surface area contributed by atoms with E-state index in [1.807, 2.05) is 17.5 Å². The van der Waals surface area contributed by atoms with Gasteiger partial charge in [-0.2, -0.15) is 0 Å². The zero-order chi connectivity index (χ0) is 13.1. The van der Waals surface area contributed by atoms with Crippen molar-refractivity contribution in [2.75, 3.05) is 13.2 Å². The molecule has 4 nitrogen and oxygen atoms in total. The second-order valence-electron chi connectivity index (χ2n) is 4.53. The lowest BCUT2D eigenvalue weighted by atomic mass is 9.92. The van der Waals surface area contributed by atoms with Crippen molar-refractivity contribution in [3.63, 3.8) is 0 Å². The molecule has 3 rings (SSSR count). The normalized spacial score (nSPS) is 17.8. The molecule has 0 unspecified atom stereocenters. The van der Waals surface area contributed by atoms with Gasteiger partial charge in [-0.25, -0.2) is 11.6 Å². The van der Waals surface area contributed by atoms with Gasteiger partial charge in [-0.05, 0) is 12.1 Å². The summed E-state index contributed by atoms with van der Waals surface area (Å²) in [6, 6.07) is 3.88. The average molecular weight is 271 g/mol. The van der Waals surface area contributed by atoms with Crippen LogP contribution < -0.4 is 0 Å². The molecule has 2 aromatic heterocycles. The minimum atomic E-state index is -0.478. The number of thiazole rings is 1.